The third-order valence-corrected chi connectivity index (χ3v) is 4.38. The summed E-state index contributed by atoms with van der Waals surface area (Å²) >= 11 is 6.12. The number of halogens is 1. The van der Waals surface area contributed by atoms with Crippen molar-refractivity contribution in [3.63, 3.8) is 0 Å². The van der Waals surface area contributed by atoms with Gasteiger partial charge in [0.2, 0.25) is 5.91 Å². The fourth-order valence-electron chi connectivity index (χ4n) is 2.65. The Kier molecular flexibility index (Phi) is 5.85. The van der Waals surface area contributed by atoms with Gasteiger partial charge in [-0.2, -0.15) is 5.26 Å². The number of carbonyl (C=O) groups is 1. The maximum absolute atomic E-state index is 12.6. The highest BCUT2D eigenvalue weighted by Gasteiger charge is 2.26. The summed E-state index contributed by atoms with van der Waals surface area (Å²) in [6.07, 6.45) is 0. The number of rotatable bonds is 6. The molecule has 3 aromatic rings. The summed E-state index contributed by atoms with van der Waals surface area (Å²) < 4.78 is 5.14. The number of ether oxygens (including phenoxy) is 1. The average Bonchev–Trinajstić information content (AvgIpc) is 2.72. The standard InChI is InChI=1S/C19H14ClN5O4/c1-29-13-4-2-3-11(7-13)10-22-19(26)14(9-21)17-18(20)24-16-8-12(25(27)28)5-6-15(16)23-17/h2-8,14H,10H2,1H3,(H,22,26). The molecule has 9 nitrogen and oxygen atoms in total. The minimum absolute atomic E-state index is 0.0151. The molecule has 3 rings (SSSR count). The molecule has 0 saturated heterocycles. The van der Waals surface area contributed by atoms with E-state index in [0.29, 0.717) is 5.75 Å². The van der Waals surface area contributed by atoms with Crippen molar-refractivity contribution < 1.29 is 14.5 Å². The number of nitrogens with zero attached hydrogens (tertiary/aromatic N) is 4. The topological polar surface area (TPSA) is 131 Å². The average molecular weight is 412 g/mol. The van der Waals surface area contributed by atoms with E-state index in [4.69, 9.17) is 16.3 Å². The zero-order valence-corrected chi connectivity index (χ0v) is 15.9. The third kappa shape index (κ3) is 4.39. The molecule has 0 aliphatic rings. The molecule has 2 aromatic carbocycles. The number of carbonyl (C=O) groups excluding carboxylic acids is 1. The van der Waals surface area contributed by atoms with Gasteiger partial charge in [-0.15, -0.1) is 0 Å². The molecule has 1 amide bonds. The quantitative estimate of drug-likeness (QED) is 0.486. The van der Waals surface area contributed by atoms with Gasteiger partial charge in [0.25, 0.3) is 5.69 Å². The summed E-state index contributed by atoms with van der Waals surface area (Å²) in [5.74, 6) is -1.24. The second-order valence-electron chi connectivity index (χ2n) is 5.96. The van der Waals surface area contributed by atoms with Crippen LogP contribution in [0.15, 0.2) is 42.5 Å². The lowest BCUT2D eigenvalue weighted by atomic mass is 10.1. The monoisotopic (exact) mass is 411 g/mol. The Morgan fingerprint density at radius 2 is 2.10 bits per heavy atom. The molecular formula is C19H14ClN5O4. The van der Waals surface area contributed by atoms with Crippen molar-refractivity contribution in [2.24, 2.45) is 0 Å². The molecule has 1 heterocycles. The van der Waals surface area contributed by atoms with Crippen LogP contribution in [0.25, 0.3) is 11.0 Å². The molecule has 0 fully saturated rings. The van der Waals surface area contributed by atoms with Crippen molar-refractivity contribution in [3.05, 3.63) is 69.0 Å². The Morgan fingerprint density at radius 1 is 1.31 bits per heavy atom. The lowest BCUT2D eigenvalue weighted by molar-refractivity contribution is -0.384. The number of methoxy groups -OCH3 is 1. The fraction of sp³-hybridized carbons (Fsp3) is 0.158. The normalized spacial score (nSPS) is 11.5. The number of benzene rings is 2. The number of fused-ring (bicyclic) bond motifs is 1. The number of nitriles is 1. The Balaban J connectivity index is 1.84. The second-order valence-corrected chi connectivity index (χ2v) is 6.32. The van der Waals surface area contributed by atoms with Crippen molar-refractivity contribution in [3.8, 4) is 11.8 Å². The van der Waals surface area contributed by atoms with Crippen LogP contribution >= 0.6 is 11.6 Å². The van der Waals surface area contributed by atoms with E-state index in [1.807, 2.05) is 6.07 Å². The van der Waals surface area contributed by atoms with Gasteiger partial charge in [0.1, 0.15) is 11.4 Å². The van der Waals surface area contributed by atoms with Crippen LogP contribution in [0.5, 0.6) is 5.75 Å². The van der Waals surface area contributed by atoms with E-state index in [1.54, 1.807) is 31.4 Å². The van der Waals surface area contributed by atoms with Crippen LogP contribution in [-0.2, 0) is 11.3 Å². The summed E-state index contributed by atoms with van der Waals surface area (Å²) in [6.45, 7) is 0.180. The van der Waals surface area contributed by atoms with E-state index in [-0.39, 0.29) is 34.1 Å². The Hall–Kier alpha value is -3.77. The van der Waals surface area contributed by atoms with E-state index in [9.17, 15) is 20.2 Å². The first-order valence-electron chi connectivity index (χ1n) is 8.34. The largest absolute Gasteiger partial charge is 0.497 e. The molecule has 1 aromatic heterocycles. The third-order valence-electron chi connectivity index (χ3n) is 4.11. The van der Waals surface area contributed by atoms with Crippen LogP contribution < -0.4 is 10.1 Å². The molecule has 1 atom stereocenters. The van der Waals surface area contributed by atoms with Gasteiger partial charge in [0.15, 0.2) is 11.1 Å². The highest BCUT2D eigenvalue weighted by molar-refractivity contribution is 6.30. The molecule has 0 saturated carbocycles. The molecule has 10 heteroatoms. The predicted molar refractivity (Wildman–Crippen MR) is 104 cm³/mol. The number of nitro groups is 1. The van der Waals surface area contributed by atoms with Crippen molar-refractivity contribution in [1.82, 2.24) is 15.3 Å². The first-order valence-corrected chi connectivity index (χ1v) is 8.72. The number of amides is 1. The minimum atomic E-state index is -1.29. The van der Waals surface area contributed by atoms with Crippen LogP contribution in [0, 0.1) is 21.4 Å². The lowest BCUT2D eigenvalue weighted by Crippen LogP contribution is -2.29. The molecule has 0 aliphatic heterocycles. The van der Waals surface area contributed by atoms with Crippen LogP contribution in [0.1, 0.15) is 17.2 Å². The van der Waals surface area contributed by atoms with Crippen molar-refractivity contribution in [2.75, 3.05) is 7.11 Å². The molecule has 1 N–H and O–H groups in total. The SMILES string of the molecule is COc1cccc(CNC(=O)C(C#N)c2nc3ccc([N+](=O)[O-])cc3nc2Cl)c1. The van der Waals surface area contributed by atoms with Gasteiger partial charge in [0.05, 0.1) is 29.1 Å². The Bertz CT molecular complexity index is 1150. The van der Waals surface area contributed by atoms with Gasteiger partial charge in [-0.25, -0.2) is 9.97 Å². The summed E-state index contributed by atoms with van der Waals surface area (Å²) in [5, 5.41) is 22.9. The number of hydrogen-bond acceptors (Lipinski definition) is 7. The number of aromatic nitrogens is 2. The van der Waals surface area contributed by atoms with Crippen LogP contribution in [0.4, 0.5) is 5.69 Å². The maximum Gasteiger partial charge on any atom is 0.271 e. The molecule has 0 radical (unpaired) electrons. The van der Waals surface area contributed by atoms with Crippen molar-refractivity contribution >= 4 is 34.2 Å². The number of non-ortho nitro benzene ring substituents is 1. The fourth-order valence-corrected chi connectivity index (χ4v) is 2.89. The summed E-state index contributed by atoms with van der Waals surface area (Å²) in [4.78, 5) is 31.2. The highest BCUT2D eigenvalue weighted by Crippen LogP contribution is 2.26. The number of nitrogens with one attached hydrogen (secondary N) is 1. The van der Waals surface area contributed by atoms with Crippen LogP contribution in [-0.4, -0.2) is 27.9 Å². The van der Waals surface area contributed by atoms with Crippen molar-refractivity contribution in [2.45, 2.75) is 12.5 Å². The summed E-state index contributed by atoms with van der Waals surface area (Å²) in [5.41, 5.74) is 1.09. The smallest absolute Gasteiger partial charge is 0.271 e. The van der Waals surface area contributed by atoms with E-state index < -0.39 is 16.7 Å². The van der Waals surface area contributed by atoms with Gasteiger partial charge in [0, 0.05) is 18.7 Å². The summed E-state index contributed by atoms with van der Waals surface area (Å²) in [7, 11) is 1.54. The Morgan fingerprint density at radius 3 is 2.79 bits per heavy atom. The maximum atomic E-state index is 12.6. The zero-order valence-electron chi connectivity index (χ0n) is 15.1. The van der Waals surface area contributed by atoms with Crippen LogP contribution in [0.3, 0.4) is 0 Å². The van der Waals surface area contributed by atoms with Gasteiger partial charge in [-0.1, -0.05) is 23.7 Å². The Labute approximate surface area is 170 Å². The molecule has 0 aliphatic carbocycles. The molecule has 29 heavy (non-hydrogen) atoms. The molecular weight excluding hydrogens is 398 g/mol. The number of hydrogen-bond donors (Lipinski definition) is 1. The van der Waals surface area contributed by atoms with E-state index >= 15 is 0 Å². The highest BCUT2D eigenvalue weighted by atomic mass is 35.5. The van der Waals surface area contributed by atoms with E-state index in [0.717, 1.165) is 5.56 Å². The molecule has 0 spiro atoms. The second kappa shape index (κ2) is 8.50. The van der Waals surface area contributed by atoms with Crippen LogP contribution in [0.2, 0.25) is 5.15 Å². The van der Waals surface area contributed by atoms with E-state index in [1.165, 1.54) is 18.2 Å². The molecule has 1 unspecified atom stereocenters. The first kappa shape index (κ1) is 20.0. The van der Waals surface area contributed by atoms with Gasteiger partial charge in [-0.3, -0.25) is 14.9 Å². The van der Waals surface area contributed by atoms with Gasteiger partial charge in [-0.05, 0) is 23.8 Å². The minimum Gasteiger partial charge on any atom is -0.497 e. The first-order chi connectivity index (χ1) is 13.9. The molecule has 0 bridgehead atoms. The van der Waals surface area contributed by atoms with Crippen molar-refractivity contribution in [1.29, 1.82) is 5.26 Å². The van der Waals surface area contributed by atoms with Gasteiger partial charge < -0.3 is 10.1 Å². The van der Waals surface area contributed by atoms with Gasteiger partial charge >= 0.3 is 0 Å². The summed E-state index contributed by atoms with van der Waals surface area (Å²) in [6, 6.07) is 12.9. The molecule has 146 valence electrons. The zero-order chi connectivity index (χ0) is 21.0. The van der Waals surface area contributed by atoms with E-state index in [2.05, 4.69) is 15.3 Å². The lowest BCUT2D eigenvalue weighted by Gasteiger charge is -2.12. The number of nitro benzene ring substituents is 1. The predicted octanol–water partition coefficient (Wildman–Crippen LogP) is 3.12.